The second-order valence-corrected chi connectivity index (χ2v) is 22.6. The van der Waals surface area contributed by atoms with Gasteiger partial charge in [0.05, 0.1) is 0 Å². The summed E-state index contributed by atoms with van der Waals surface area (Å²) in [6.07, 6.45) is 41.5. The SMILES string of the molecule is CCCCCCCCCCCCCCCCCCc1cccc(CCCCCCCCCCCCCCCCCC)[nH+]1.Fc1c(F)c(F)c([B-](c2c(F)c(F)c(F)c(F)c2F)(c2c(F)c(F)c(F)c(F)c2F)c2c(F)c(F)c(F)c(F)c2F)c(F)c1F. The first-order valence-corrected chi connectivity index (χ1v) is 30.8. The van der Waals surface area contributed by atoms with Gasteiger partial charge in [0.25, 0.3) is 0 Å². The Labute approximate surface area is 497 Å². The van der Waals surface area contributed by atoms with E-state index in [0.29, 0.717) is 0 Å². The van der Waals surface area contributed by atoms with Crippen LogP contribution in [0.15, 0.2) is 18.2 Å². The maximum absolute atomic E-state index is 15.4. The number of aromatic amines is 1. The van der Waals surface area contributed by atoms with Crippen LogP contribution in [0.5, 0.6) is 0 Å². The van der Waals surface area contributed by atoms with E-state index in [4.69, 9.17) is 0 Å². The molecule has 0 amide bonds. The molecule has 1 heterocycles. The zero-order chi connectivity index (χ0) is 64.4. The van der Waals surface area contributed by atoms with E-state index >= 15 is 35.1 Å². The van der Waals surface area contributed by atoms with Crippen molar-refractivity contribution in [3.63, 3.8) is 0 Å². The second kappa shape index (κ2) is 37.6. The van der Waals surface area contributed by atoms with Crippen LogP contribution < -0.4 is 26.8 Å². The van der Waals surface area contributed by atoms with Gasteiger partial charge in [0.1, 0.15) is 52.7 Å². The van der Waals surface area contributed by atoms with E-state index in [1.54, 1.807) is 0 Å². The number of hydrogen-bond donors (Lipinski definition) is 0. The Bertz CT molecular complexity index is 2520. The highest BCUT2D eigenvalue weighted by Gasteiger charge is 2.52. The Morgan fingerprint density at radius 1 is 0.218 bits per heavy atom. The number of hydrogen-bond acceptors (Lipinski definition) is 0. The van der Waals surface area contributed by atoms with Gasteiger partial charge in [0.15, 0.2) is 81.2 Å². The van der Waals surface area contributed by atoms with Crippen LogP contribution in [0, 0.1) is 116 Å². The van der Waals surface area contributed by atoms with Gasteiger partial charge in [-0.25, -0.2) is 92.8 Å². The maximum atomic E-state index is 15.4. The Balaban J connectivity index is 0.000000374. The molecule has 0 radical (unpaired) electrons. The lowest BCUT2D eigenvalue weighted by Gasteiger charge is -2.44. The second-order valence-electron chi connectivity index (χ2n) is 22.6. The molecule has 0 unspecified atom stereocenters. The number of unbranched alkanes of at least 4 members (excludes halogenated alkanes) is 30. The van der Waals surface area contributed by atoms with Crippen molar-refractivity contribution in [3.8, 4) is 0 Å². The molecule has 87 heavy (non-hydrogen) atoms. The van der Waals surface area contributed by atoms with E-state index < -0.39 is 144 Å². The Morgan fingerprint density at radius 2 is 0.368 bits per heavy atom. The number of benzene rings is 4. The fraction of sp³-hybridized carbons (Fsp3) is 0.554. The van der Waals surface area contributed by atoms with Crippen LogP contribution in [-0.2, 0) is 12.8 Å². The van der Waals surface area contributed by atoms with E-state index in [0.717, 1.165) is 0 Å². The molecule has 0 spiro atoms. The molecule has 1 aromatic heterocycles. The van der Waals surface area contributed by atoms with Crippen molar-refractivity contribution >= 4 is 28.0 Å². The predicted octanol–water partition coefficient (Wildman–Crippen LogP) is 20.0. The number of rotatable bonds is 38. The lowest BCUT2D eigenvalue weighted by molar-refractivity contribution is -0.402. The quantitative estimate of drug-likeness (QED) is 0.0123. The number of halogens is 20. The summed E-state index contributed by atoms with van der Waals surface area (Å²) in [5.41, 5.74) is -11.4. The van der Waals surface area contributed by atoms with Gasteiger partial charge in [-0.1, -0.05) is 206 Å². The summed E-state index contributed by atoms with van der Waals surface area (Å²) in [7, 11) is 0. The number of pyridine rings is 1. The van der Waals surface area contributed by atoms with Crippen molar-refractivity contribution in [3.05, 3.63) is 146 Å². The molecule has 0 saturated heterocycles. The molecule has 5 rings (SSSR count). The third kappa shape index (κ3) is 19.4. The lowest BCUT2D eigenvalue weighted by atomic mass is 9.12. The van der Waals surface area contributed by atoms with E-state index in [1.165, 1.54) is 230 Å². The highest BCUT2D eigenvalue weighted by atomic mass is 19.2. The first kappa shape index (κ1) is 74.2. The molecule has 1 nitrogen and oxygen atoms in total. The molecular weight excluding hydrogens is 1190 g/mol. The van der Waals surface area contributed by atoms with E-state index in [2.05, 4.69) is 37.0 Å². The highest BCUT2D eigenvalue weighted by molar-refractivity contribution is 7.20. The molecule has 0 aliphatic carbocycles. The average Bonchev–Trinajstić information content (AvgIpc) is 0.686. The van der Waals surface area contributed by atoms with Gasteiger partial charge in [-0.3, -0.25) is 0 Å². The zero-order valence-electron chi connectivity index (χ0n) is 49.4. The molecule has 5 aromatic rings. The normalized spacial score (nSPS) is 11.7. The summed E-state index contributed by atoms with van der Waals surface area (Å²) in [5, 5.41) is 0. The molecule has 0 aliphatic heterocycles. The van der Waals surface area contributed by atoms with Gasteiger partial charge in [0, 0.05) is 25.0 Å². The van der Waals surface area contributed by atoms with Gasteiger partial charge in [-0.05, 0) is 18.9 Å². The van der Waals surface area contributed by atoms with Gasteiger partial charge >= 0.3 is 0 Å². The molecular formula is C65H78BF20N. The largest absolute Gasteiger partial charge is 0.213 e. The van der Waals surface area contributed by atoms with Crippen molar-refractivity contribution in [2.24, 2.45) is 0 Å². The van der Waals surface area contributed by atoms with Gasteiger partial charge in [-0.2, -0.15) is 0 Å². The highest BCUT2D eigenvalue weighted by Crippen LogP contribution is 2.31. The fourth-order valence-electron chi connectivity index (χ4n) is 11.5. The number of nitrogens with one attached hydrogen (secondary N) is 1. The van der Waals surface area contributed by atoms with Crippen molar-refractivity contribution in [1.82, 2.24) is 0 Å². The van der Waals surface area contributed by atoms with Crippen LogP contribution >= 0.6 is 0 Å². The van der Waals surface area contributed by atoms with Crippen LogP contribution in [0.25, 0.3) is 0 Å². The molecule has 0 fully saturated rings. The van der Waals surface area contributed by atoms with Gasteiger partial charge in [0.2, 0.25) is 0 Å². The van der Waals surface area contributed by atoms with E-state index in [-0.39, 0.29) is 0 Å². The summed E-state index contributed by atoms with van der Waals surface area (Å²) in [6.45, 7) is 4.61. The van der Waals surface area contributed by atoms with Crippen molar-refractivity contribution in [2.75, 3.05) is 0 Å². The van der Waals surface area contributed by atoms with Crippen molar-refractivity contribution < 1.29 is 92.8 Å². The molecule has 4 aromatic carbocycles. The Kier molecular flexibility index (Phi) is 32.1. The summed E-state index contributed by atoms with van der Waals surface area (Å²) in [6, 6.07) is 6.89. The number of H-pyrrole nitrogens is 1. The molecule has 0 bridgehead atoms. The Morgan fingerprint density at radius 3 is 0.540 bits per heavy atom. The topological polar surface area (TPSA) is 14.1 Å². The van der Waals surface area contributed by atoms with Crippen molar-refractivity contribution in [1.29, 1.82) is 0 Å². The molecule has 0 aliphatic rings. The Hall–Kier alpha value is -5.31. The fourth-order valence-corrected chi connectivity index (χ4v) is 11.5. The van der Waals surface area contributed by atoms with Crippen LogP contribution in [0.1, 0.15) is 231 Å². The monoisotopic (exact) mass is 1260 g/mol. The third-order valence-corrected chi connectivity index (χ3v) is 16.2. The summed E-state index contributed by atoms with van der Waals surface area (Å²) < 4.78 is 294. The minimum atomic E-state index is -7.22. The molecule has 22 heteroatoms. The minimum Gasteiger partial charge on any atom is -0.213 e. The predicted molar refractivity (Wildman–Crippen MR) is 299 cm³/mol. The number of aromatic nitrogens is 1. The van der Waals surface area contributed by atoms with Crippen LogP contribution in [-0.4, -0.2) is 6.15 Å². The maximum Gasteiger partial charge on any atom is 0.200 e. The molecule has 0 atom stereocenters. The van der Waals surface area contributed by atoms with E-state index in [9.17, 15) is 52.7 Å². The minimum absolute atomic E-state index is 1.23. The average molecular weight is 1260 g/mol. The van der Waals surface area contributed by atoms with Crippen LogP contribution in [0.2, 0.25) is 0 Å². The van der Waals surface area contributed by atoms with Crippen molar-refractivity contribution in [2.45, 2.75) is 232 Å². The first-order valence-electron chi connectivity index (χ1n) is 30.8. The smallest absolute Gasteiger partial charge is 0.200 e. The third-order valence-electron chi connectivity index (χ3n) is 16.2. The molecule has 0 saturated carbocycles. The first-order chi connectivity index (χ1) is 41.6. The zero-order valence-corrected chi connectivity index (χ0v) is 49.4. The molecule has 486 valence electrons. The summed E-state index contributed by atoms with van der Waals surface area (Å²) >= 11 is 0. The van der Waals surface area contributed by atoms with E-state index in [1.807, 2.05) is 0 Å². The van der Waals surface area contributed by atoms with Crippen LogP contribution in [0.4, 0.5) is 87.8 Å². The van der Waals surface area contributed by atoms with Gasteiger partial charge < -0.3 is 0 Å². The standard InChI is InChI=1S/C41H77N.C24BF20/c1-3-5-7-9-11-13-15-17-19-21-23-25-27-29-31-33-36-40-38-35-39-41(42-40)37-34-32-30-28-26-24-22-20-18-16-14-12-10-8-6-4-2;26-5-1(6(27)14(35)21(42)13(5)34)25(2-7(28)15(36)22(43)16(37)8(2)29,3-9(30)17(38)23(44)18(39)10(3)31)4-11(32)19(40)24(45)20(41)12(4)33/h35,38-39H,3-34,36-37H2,1-2H3;/q;-1/p+1. The lowest BCUT2D eigenvalue weighted by Crippen LogP contribution is -2.81. The van der Waals surface area contributed by atoms with Gasteiger partial charge in [-0.15, -0.1) is 21.9 Å². The van der Waals surface area contributed by atoms with Crippen LogP contribution in [0.3, 0.4) is 0 Å². The molecule has 1 N–H and O–H groups in total. The summed E-state index contributed by atoms with van der Waals surface area (Å²) in [5.74, 6) is -71.4. The summed E-state index contributed by atoms with van der Waals surface area (Å²) in [4.78, 5) is 3.75. The number of aryl methyl sites for hydroxylation is 2.